The molecule has 0 saturated heterocycles. The molecule has 0 aliphatic rings. The SMILES string of the molecule is c1cc(-c2cncc(-c3nc(-c4cncc(-c5ccncc5)c4)nc(-c4cc(-c5ccncc5)cc(-c5ccncc5)c4)n3)c2)ccn1.c1ccc(-c2cccc(-c3nc(-c4cc(-c5ccccn5)cc(-c5ccccn5)c4)nc(-c4cccc(-c5ccccc5)n4)n3)n2)cc1.c1ccc(-c2cncc(-c3nc(-c4cncc(-c5ccccn5)c4)nc(-c4cc(-c5ccccn5)cc(-c5ccccn5)c4)n3)c2)nc1. The molecule has 678 valence electrons. The molecule has 24 aromatic rings. The molecular formula is C119H77N25. The Kier molecular flexibility index (Phi) is 25.9. The molecule has 0 radical (unpaired) electrons. The van der Waals surface area contributed by atoms with Crippen molar-refractivity contribution >= 4 is 0 Å². The van der Waals surface area contributed by atoms with E-state index in [0.29, 0.717) is 63.8 Å². The number of aromatic nitrogens is 25. The van der Waals surface area contributed by atoms with Crippen molar-refractivity contribution < 1.29 is 0 Å². The van der Waals surface area contributed by atoms with Gasteiger partial charge >= 0.3 is 0 Å². The highest BCUT2D eigenvalue weighted by Gasteiger charge is 2.24. The second-order valence-corrected chi connectivity index (χ2v) is 32.9. The topological polar surface area (TPSA) is 322 Å². The van der Waals surface area contributed by atoms with Crippen molar-refractivity contribution in [1.29, 1.82) is 0 Å². The lowest BCUT2D eigenvalue weighted by molar-refractivity contribution is 1.05. The van der Waals surface area contributed by atoms with Crippen molar-refractivity contribution in [2.75, 3.05) is 0 Å². The average Bonchev–Trinajstić information content (AvgIpc) is 0.782. The van der Waals surface area contributed by atoms with E-state index >= 15 is 0 Å². The number of benzene rings is 5. The van der Waals surface area contributed by atoms with Crippen LogP contribution in [0.1, 0.15) is 0 Å². The van der Waals surface area contributed by atoms with Crippen LogP contribution in [0.25, 0.3) is 237 Å². The summed E-state index contributed by atoms with van der Waals surface area (Å²) in [5.41, 5.74) is 28.5. The fourth-order valence-electron chi connectivity index (χ4n) is 16.3. The van der Waals surface area contributed by atoms with Crippen LogP contribution in [-0.2, 0) is 0 Å². The lowest BCUT2D eigenvalue weighted by Crippen LogP contribution is -2.03. The first kappa shape index (κ1) is 88.8. The molecular weight excluding hydrogens is 1780 g/mol. The zero-order valence-electron chi connectivity index (χ0n) is 76.6. The monoisotopic (exact) mass is 1860 g/mol. The van der Waals surface area contributed by atoms with Crippen LogP contribution in [0.3, 0.4) is 0 Å². The third-order valence-electron chi connectivity index (χ3n) is 23.4. The first-order valence-corrected chi connectivity index (χ1v) is 46.0. The largest absolute Gasteiger partial charge is 0.265 e. The molecule has 0 atom stereocenters. The predicted molar refractivity (Wildman–Crippen MR) is 558 cm³/mol. The van der Waals surface area contributed by atoms with Crippen LogP contribution < -0.4 is 0 Å². The standard InChI is InChI=1S/C41H27N7.2C39H25N9/c1-3-13-28(14-4-1)35-19-11-21-37(44-35)40-46-39(47-41(48-40)38-22-12-20-36(45-38)29-15-5-2-6-16-29)32-26-30(33-17-7-9-23-42-33)25-31(27-32)34-18-8-10-24-43-34;1-9-40-10-2-26(1)30-17-31(27-3-11-41-12-4-27)19-32(18-30)37-46-38(35-20-33(22-44-24-35)28-5-13-42-14-6-28)48-39(47-37)36-21-34(23-45-25-36)29-7-15-43-16-8-29;1-5-13-42-33(9-1)26-17-27(34-10-2-6-14-43-34)19-28(18-26)37-46-38(31-20-29(22-40-24-31)35-11-3-7-15-44-35)48-39(47-37)32-21-30(23-41-25-32)36-12-4-8-16-45-36/h1-27H;2*1-25H. The van der Waals surface area contributed by atoms with Gasteiger partial charge in [-0.05, 0) is 258 Å². The molecule has 24 rings (SSSR count). The van der Waals surface area contributed by atoms with Crippen molar-refractivity contribution in [3.8, 4) is 237 Å². The Balaban J connectivity index is 0.000000123. The molecule has 19 aromatic heterocycles. The number of pyridine rings is 16. The van der Waals surface area contributed by atoms with Crippen LogP contribution in [0.5, 0.6) is 0 Å². The van der Waals surface area contributed by atoms with Gasteiger partial charge in [-0.2, -0.15) is 0 Å². The Bertz CT molecular complexity index is 7320. The quantitative estimate of drug-likeness (QED) is 0.0645. The minimum Gasteiger partial charge on any atom is -0.265 e. The van der Waals surface area contributed by atoms with Gasteiger partial charge in [0.15, 0.2) is 52.4 Å². The summed E-state index contributed by atoms with van der Waals surface area (Å²) in [7, 11) is 0. The minimum absolute atomic E-state index is 0.447. The van der Waals surface area contributed by atoms with E-state index in [0.717, 1.165) is 174 Å². The highest BCUT2D eigenvalue weighted by molar-refractivity contribution is 5.85. The smallest absolute Gasteiger partial charge is 0.182 e. The number of hydrogen-bond donors (Lipinski definition) is 0. The van der Waals surface area contributed by atoms with E-state index in [4.69, 9.17) is 54.8 Å². The van der Waals surface area contributed by atoms with Gasteiger partial charge in [-0.15, -0.1) is 0 Å². The molecule has 0 bridgehead atoms. The van der Waals surface area contributed by atoms with Crippen LogP contribution in [0.4, 0.5) is 0 Å². The van der Waals surface area contributed by atoms with Crippen LogP contribution in [-0.4, -0.2) is 125 Å². The average molecular weight is 1860 g/mol. The van der Waals surface area contributed by atoms with E-state index in [9.17, 15) is 0 Å². The second-order valence-electron chi connectivity index (χ2n) is 32.9. The van der Waals surface area contributed by atoms with Gasteiger partial charge in [0.1, 0.15) is 11.4 Å². The molecule has 0 saturated carbocycles. The van der Waals surface area contributed by atoms with Gasteiger partial charge in [0, 0.05) is 231 Å². The lowest BCUT2D eigenvalue weighted by Gasteiger charge is -2.13. The van der Waals surface area contributed by atoms with E-state index in [2.05, 4.69) is 112 Å². The summed E-state index contributed by atoms with van der Waals surface area (Å²) in [5, 5.41) is 0. The third-order valence-corrected chi connectivity index (χ3v) is 23.4. The summed E-state index contributed by atoms with van der Waals surface area (Å²) in [6.07, 6.45) is 39.1. The van der Waals surface area contributed by atoms with Gasteiger partial charge in [0.05, 0.1) is 45.6 Å². The van der Waals surface area contributed by atoms with Gasteiger partial charge in [-0.25, -0.2) is 54.8 Å². The zero-order chi connectivity index (χ0) is 96.4. The minimum atomic E-state index is 0.447. The molecule has 0 aliphatic carbocycles. The van der Waals surface area contributed by atoms with Crippen molar-refractivity contribution in [3.05, 3.63) is 470 Å². The van der Waals surface area contributed by atoms with Crippen molar-refractivity contribution in [2.45, 2.75) is 0 Å². The molecule has 0 aliphatic heterocycles. The Morgan fingerprint density at radius 3 is 0.590 bits per heavy atom. The van der Waals surface area contributed by atoms with E-state index in [1.54, 1.807) is 124 Å². The Hall–Kier alpha value is -20.5. The molecule has 0 amide bonds. The van der Waals surface area contributed by atoms with Crippen molar-refractivity contribution in [1.82, 2.24) is 125 Å². The maximum Gasteiger partial charge on any atom is 0.182 e. The fraction of sp³-hybridized carbons (Fsp3) is 0. The molecule has 25 heteroatoms. The molecule has 25 nitrogen and oxygen atoms in total. The van der Waals surface area contributed by atoms with Gasteiger partial charge in [-0.3, -0.25) is 69.8 Å². The van der Waals surface area contributed by atoms with Crippen LogP contribution >= 0.6 is 0 Å². The molecule has 0 N–H and O–H groups in total. The first-order chi connectivity index (χ1) is 71.3. The molecule has 0 fully saturated rings. The van der Waals surface area contributed by atoms with Crippen LogP contribution in [0.15, 0.2) is 470 Å². The van der Waals surface area contributed by atoms with Gasteiger partial charge in [0.2, 0.25) is 0 Å². The Labute approximate surface area is 826 Å². The van der Waals surface area contributed by atoms with E-state index in [1.165, 1.54) is 0 Å². The first-order valence-electron chi connectivity index (χ1n) is 46.0. The van der Waals surface area contributed by atoms with E-state index in [1.807, 2.05) is 304 Å². The van der Waals surface area contributed by atoms with Gasteiger partial charge < -0.3 is 0 Å². The highest BCUT2D eigenvalue weighted by Crippen LogP contribution is 2.40. The maximum atomic E-state index is 5.06. The summed E-state index contributed by atoms with van der Waals surface area (Å²) >= 11 is 0. The summed E-state index contributed by atoms with van der Waals surface area (Å²) < 4.78 is 0. The lowest BCUT2D eigenvalue weighted by atomic mass is 9.96. The number of hydrogen-bond acceptors (Lipinski definition) is 25. The number of rotatable bonds is 21. The van der Waals surface area contributed by atoms with Crippen molar-refractivity contribution in [2.24, 2.45) is 0 Å². The molecule has 144 heavy (non-hydrogen) atoms. The summed E-state index contributed by atoms with van der Waals surface area (Å²) in [5.74, 6) is 4.30. The van der Waals surface area contributed by atoms with E-state index < -0.39 is 0 Å². The normalized spacial score (nSPS) is 10.9. The zero-order valence-corrected chi connectivity index (χ0v) is 76.6. The fourth-order valence-corrected chi connectivity index (χ4v) is 16.3. The predicted octanol–water partition coefficient (Wildman–Crippen LogP) is 24.9. The molecule has 5 aromatic carbocycles. The molecule has 0 spiro atoms. The second kappa shape index (κ2) is 42.0. The van der Waals surface area contributed by atoms with Crippen LogP contribution in [0, 0.1) is 0 Å². The summed E-state index contributed by atoms with van der Waals surface area (Å²) in [4.78, 5) is 118. The van der Waals surface area contributed by atoms with Crippen LogP contribution in [0.2, 0.25) is 0 Å². The Morgan fingerprint density at radius 2 is 0.299 bits per heavy atom. The summed E-state index contributed by atoms with van der Waals surface area (Å²) in [6, 6.07) is 109. The molecule has 0 unspecified atom stereocenters. The highest BCUT2D eigenvalue weighted by atomic mass is 15.1. The third kappa shape index (κ3) is 20.8. The van der Waals surface area contributed by atoms with Gasteiger partial charge in [-0.1, -0.05) is 109 Å². The van der Waals surface area contributed by atoms with Gasteiger partial charge in [0.25, 0.3) is 0 Å². The Morgan fingerprint density at radius 1 is 0.0972 bits per heavy atom. The number of nitrogens with zero attached hydrogens (tertiary/aromatic N) is 25. The van der Waals surface area contributed by atoms with Crippen molar-refractivity contribution in [3.63, 3.8) is 0 Å². The molecule has 19 heterocycles. The summed E-state index contributed by atoms with van der Waals surface area (Å²) in [6.45, 7) is 0. The maximum absolute atomic E-state index is 5.06. The van der Waals surface area contributed by atoms with E-state index in [-0.39, 0.29) is 0 Å².